The quantitative estimate of drug-likeness (QED) is 0.416. The van der Waals surface area contributed by atoms with Crippen molar-refractivity contribution in [3.63, 3.8) is 0 Å². The number of thiazole rings is 2. The number of H-pyrrole nitrogens is 1. The molecule has 1 aromatic carbocycles. The number of fused-ring (bicyclic) bond motifs is 1. The first-order valence-corrected chi connectivity index (χ1v) is 12.9. The summed E-state index contributed by atoms with van der Waals surface area (Å²) in [5.74, 6) is 0.452. The van der Waals surface area contributed by atoms with E-state index in [1.165, 1.54) is 28.2 Å². The average molecular weight is 495 g/mol. The van der Waals surface area contributed by atoms with Crippen molar-refractivity contribution in [2.24, 2.45) is 0 Å². The number of aromatic amines is 1. The molecule has 1 aliphatic rings. The first-order chi connectivity index (χ1) is 16.3. The summed E-state index contributed by atoms with van der Waals surface area (Å²) in [7, 11) is 0. The molecule has 0 atom stereocenters. The van der Waals surface area contributed by atoms with Gasteiger partial charge in [-0.25, -0.2) is 15.0 Å². The van der Waals surface area contributed by atoms with Crippen LogP contribution in [0.3, 0.4) is 0 Å². The molecule has 34 heavy (non-hydrogen) atoms. The molecule has 0 spiro atoms. The predicted molar refractivity (Wildman–Crippen MR) is 135 cm³/mol. The van der Waals surface area contributed by atoms with Gasteiger partial charge in [0.15, 0.2) is 0 Å². The van der Waals surface area contributed by atoms with E-state index in [-0.39, 0.29) is 17.7 Å². The third-order valence-electron chi connectivity index (χ3n) is 6.31. The van der Waals surface area contributed by atoms with Crippen molar-refractivity contribution in [1.29, 1.82) is 0 Å². The Labute approximate surface area is 205 Å². The summed E-state index contributed by atoms with van der Waals surface area (Å²) < 4.78 is 0. The van der Waals surface area contributed by atoms with E-state index in [4.69, 9.17) is 0 Å². The molecule has 1 fully saturated rings. The fraction of sp³-hybridized carbons (Fsp3) is 0.375. The second-order valence-corrected chi connectivity index (χ2v) is 10.9. The Hall–Kier alpha value is -3.11. The van der Waals surface area contributed by atoms with Crippen LogP contribution >= 0.6 is 22.7 Å². The number of nitrogens with zero attached hydrogens (tertiary/aromatic N) is 4. The second kappa shape index (κ2) is 8.92. The number of aryl methyl sites for hydroxylation is 4. The number of imidazole rings is 1. The van der Waals surface area contributed by atoms with E-state index in [1.54, 1.807) is 5.38 Å². The standard InChI is InChI=1S/C24H26N6O2S2/c1-12-9-17-18(10-13(12)2)28-24(27-17)29-21(31)19-11-33-22(26-19)16-5-7-30(8-6-16)23(32)20-14(3)25-15(4)34-20/h9-11,16H,5-8H2,1-4H3,(H2,27,28,29,31). The molecule has 2 N–H and O–H groups in total. The second-order valence-electron chi connectivity index (χ2n) is 8.78. The maximum atomic E-state index is 12.9. The third kappa shape index (κ3) is 4.35. The summed E-state index contributed by atoms with van der Waals surface area (Å²) in [6, 6.07) is 4.04. The van der Waals surface area contributed by atoms with E-state index in [0.717, 1.165) is 50.0 Å². The summed E-state index contributed by atoms with van der Waals surface area (Å²) in [4.78, 5) is 44.9. The Morgan fingerprint density at radius 2 is 1.79 bits per heavy atom. The van der Waals surface area contributed by atoms with Crippen molar-refractivity contribution >= 4 is 51.5 Å². The molecular weight excluding hydrogens is 468 g/mol. The van der Waals surface area contributed by atoms with Gasteiger partial charge in [-0.15, -0.1) is 22.7 Å². The lowest BCUT2D eigenvalue weighted by Crippen LogP contribution is -2.37. The van der Waals surface area contributed by atoms with Crippen LogP contribution in [0.2, 0.25) is 0 Å². The highest BCUT2D eigenvalue weighted by molar-refractivity contribution is 7.13. The molecule has 176 valence electrons. The number of carbonyl (C=O) groups excluding carboxylic acids is 2. The van der Waals surface area contributed by atoms with Crippen molar-refractivity contribution in [3.05, 3.63) is 54.9 Å². The summed E-state index contributed by atoms with van der Waals surface area (Å²) >= 11 is 2.96. The molecule has 0 saturated carbocycles. The van der Waals surface area contributed by atoms with E-state index in [0.29, 0.717) is 24.7 Å². The van der Waals surface area contributed by atoms with Crippen LogP contribution in [0, 0.1) is 27.7 Å². The number of anilines is 1. The Morgan fingerprint density at radius 1 is 1.06 bits per heavy atom. The fourth-order valence-corrected chi connectivity index (χ4v) is 6.14. The number of carbonyl (C=O) groups is 2. The summed E-state index contributed by atoms with van der Waals surface area (Å²) in [6.45, 7) is 9.26. The van der Waals surface area contributed by atoms with Crippen molar-refractivity contribution in [2.45, 2.75) is 46.5 Å². The topological polar surface area (TPSA) is 104 Å². The molecule has 2 amide bonds. The van der Waals surface area contributed by atoms with Crippen molar-refractivity contribution < 1.29 is 9.59 Å². The average Bonchev–Trinajstić information content (AvgIpc) is 3.52. The van der Waals surface area contributed by atoms with Crippen molar-refractivity contribution in [2.75, 3.05) is 18.4 Å². The van der Waals surface area contributed by atoms with Gasteiger partial charge >= 0.3 is 0 Å². The molecule has 0 radical (unpaired) electrons. The molecule has 4 heterocycles. The van der Waals surface area contributed by atoms with Gasteiger partial charge in [-0.05, 0) is 63.8 Å². The van der Waals surface area contributed by atoms with Crippen LogP contribution in [0.5, 0.6) is 0 Å². The molecule has 1 aliphatic heterocycles. The highest BCUT2D eigenvalue weighted by Crippen LogP contribution is 2.32. The van der Waals surface area contributed by atoms with Gasteiger partial charge in [0.05, 0.1) is 26.7 Å². The predicted octanol–water partition coefficient (Wildman–Crippen LogP) is 4.98. The fourth-order valence-electron chi connectivity index (χ4n) is 4.28. The SMILES string of the molecule is Cc1nc(C)c(C(=O)N2CCC(c3nc(C(=O)Nc4nc5cc(C)c(C)cc5[nH]4)cs3)CC2)s1. The van der Waals surface area contributed by atoms with Gasteiger partial charge in [0.2, 0.25) is 5.95 Å². The van der Waals surface area contributed by atoms with Crippen LogP contribution in [0.1, 0.15) is 65.8 Å². The highest BCUT2D eigenvalue weighted by Gasteiger charge is 2.28. The number of piperidine rings is 1. The van der Waals surface area contributed by atoms with E-state index in [2.05, 4.69) is 25.3 Å². The number of hydrogen-bond donors (Lipinski definition) is 2. The first-order valence-electron chi connectivity index (χ1n) is 11.3. The monoisotopic (exact) mass is 494 g/mol. The molecule has 5 rings (SSSR count). The van der Waals surface area contributed by atoms with Crippen LogP contribution in [-0.2, 0) is 0 Å². The van der Waals surface area contributed by atoms with Gasteiger partial charge in [0.25, 0.3) is 11.8 Å². The van der Waals surface area contributed by atoms with Gasteiger partial charge in [-0.3, -0.25) is 14.9 Å². The molecule has 1 saturated heterocycles. The van der Waals surface area contributed by atoms with Crippen molar-refractivity contribution in [1.82, 2.24) is 24.8 Å². The molecule has 8 nitrogen and oxygen atoms in total. The van der Waals surface area contributed by atoms with Crippen LogP contribution < -0.4 is 5.32 Å². The summed E-state index contributed by atoms with van der Waals surface area (Å²) in [5.41, 5.74) is 5.24. The van der Waals surface area contributed by atoms with Gasteiger partial charge in [0, 0.05) is 24.4 Å². The smallest absolute Gasteiger partial charge is 0.277 e. The minimum atomic E-state index is -0.279. The number of likely N-dealkylation sites (tertiary alicyclic amines) is 1. The Balaban J connectivity index is 1.22. The number of amides is 2. The van der Waals surface area contributed by atoms with E-state index in [1.807, 2.05) is 44.7 Å². The van der Waals surface area contributed by atoms with Crippen molar-refractivity contribution in [3.8, 4) is 0 Å². The first kappa shape index (κ1) is 22.7. The van der Waals surface area contributed by atoms with E-state index < -0.39 is 0 Å². The third-order valence-corrected chi connectivity index (χ3v) is 8.38. The lowest BCUT2D eigenvalue weighted by atomic mass is 9.97. The van der Waals surface area contributed by atoms with Gasteiger partial charge in [-0.2, -0.15) is 0 Å². The van der Waals surface area contributed by atoms with Gasteiger partial charge < -0.3 is 9.88 Å². The lowest BCUT2D eigenvalue weighted by Gasteiger charge is -2.30. The molecule has 0 aliphatic carbocycles. The largest absolute Gasteiger partial charge is 0.338 e. The number of aromatic nitrogens is 4. The maximum Gasteiger partial charge on any atom is 0.277 e. The zero-order chi connectivity index (χ0) is 24.0. The molecule has 10 heteroatoms. The molecular formula is C24H26N6O2S2. The Morgan fingerprint density at radius 3 is 2.50 bits per heavy atom. The van der Waals surface area contributed by atoms with Gasteiger partial charge in [0.1, 0.15) is 10.6 Å². The molecule has 4 aromatic rings. The normalized spacial score (nSPS) is 14.6. The minimum absolute atomic E-state index is 0.0666. The number of rotatable bonds is 4. The van der Waals surface area contributed by atoms with Crippen LogP contribution in [0.25, 0.3) is 11.0 Å². The summed E-state index contributed by atoms with van der Waals surface area (Å²) in [5, 5.41) is 6.48. The zero-order valence-electron chi connectivity index (χ0n) is 19.6. The summed E-state index contributed by atoms with van der Waals surface area (Å²) in [6.07, 6.45) is 1.67. The van der Waals surface area contributed by atoms with Crippen LogP contribution in [0.15, 0.2) is 17.5 Å². The molecule has 3 aromatic heterocycles. The zero-order valence-corrected chi connectivity index (χ0v) is 21.2. The number of nitrogens with one attached hydrogen (secondary N) is 2. The van der Waals surface area contributed by atoms with E-state index in [9.17, 15) is 9.59 Å². The van der Waals surface area contributed by atoms with Crippen LogP contribution in [-0.4, -0.2) is 49.7 Å². The van der Waals surface area contributed by atoms with Gasteiger partial charge in [-0.1, -0.05) is 0 Å². The Kier molecular flexibility index (Phi) is 5.95. The highest BCUT2D eigenvalue weighted by atomic mass is 32.1. The van der Waals surface area contributed by atoms with Crippen LogP contribution in [0.4, 0.5) is 5.95 Å². The lowest BCUT2D eigenvalue weighted by molar-refractivity contribution is 0.0717. The Bertz CT molecular complexity index is 1350. The minimum Gasteiger partial charge on any atom is -0.338 e. The number of hydrogen-bond acceptors (Lipinski definition) is 7. The van der Waals surface area contributed by atoms with E-state index >= 15 is 0 Å². The number of benzene rings is 1. The molecule has 0 bridgehead atoms. The molecule has 0 unspecified atom stereocenters. The maximum absolute atomic E-state index is 12.9.